The second-order valence-corrected chi connectivity index (χ2v) is 5.61. The van der Waals surface area contributed by atoms with E-state index in [1.165, 1.54) is 0 Å². The Morgan fingerprint density at radius 1 is 1.53 bits per heavy atom. The summed E-state index contributed by atoms with van der Waals surface area (Å²) in [6.07, 6.45) is 5.37. The molecule has 1 aromatic rings. The molecule has 0 spiro atoms. The molecule has 0 amide bonds. The molecule has 3 N–H and O–H groups in total. The molecule has 2 rings (SSSR count). The summed E-state index contributed by atoms with van der Waals surface area (Å²) in [7, 11) is 0. The van der Waals surface area contributed by atoms with E-state index in [1.54, 1.807) is 6.20 Å². The number of nitrogens with zero attached hydrogens (tertiary/aromatic N) is 1. The Morgan fingerprint density at radius 2 is 2.29 bits per heavy atom. The average Bonchev–Trinajstić information content (AvgIpc) is 2.28. The zero-order chi connectivity index (χ0) is 12.5. The van der Waals surface area contributed by atoms with Crippen molar-refractivity contribution in [3.05, 3.63) is 23.9 Å². The van der Waals surface area contributed by atoms with Crippen molar-refractivity contribution in [2.45, 2.75) is 45.1 Å². The first-order chi connectivity index (χ1) is 8.01. The smallest absolute Gasteiger partial charge is 0.126 e. The van der Waals surface area contributed by atoms with Gasteiger partial charge in [0, 0.05) is 12.6 Å². The predicted octanol–water partition coefficient (Wildman–Crippen LogP) is 2.39. The highest BCUT2D eigenvalue weighted by atomic mass is 16.3. The van der Waals surface area contributed by atoms with Crippen molar-refractivity contribution in [3.8, 4) is 0 Å². The molecule has 17 heavy (non-hydrogen) atoms. The maximum absolute atomic E-state index is 10.8. The first-order valence-electron chi connectivity index (χ1n) is 6.43. The number of aliphatic hydroxyl groups is 1. The van der Waals surface area contributed by atoms with E-state index >= 15 is 0 Å². The zero-order valence-corrected chi connectivity index (χ0v) is 10.7. The predicted molar refractivity (Wildman–Crippen MR) is 69.5 cm³/mol. The van der Waals surface area contributed by atoms with E-state index in [0.717, 1.165) is 30.7 Å². The average molecular weight is 234 g/mol. The Kier molecular flexibility index (Phi) is 3.38. The van der Waals surface area contributed by atoms with Crippen LogP contribution in [0.15, 0.2) is 18.3 Å². The van der Waals surface area contributed by atoms with Gasteiger partial charge in [-0.05, 0) is 42.7 Å². The summed E-state index contributed by atoms with van der Waals surface area (Å²) in [4.78, 5) is 4.08. The van der Waals surface area contributed by atoms with Gasteiger partial charge in [0.05, 0.1) is 5.60 Å². The van der Waals surface area contributed by atoms with Crippen LogP contribution in [0.4, 0.5) is 5.82 Å². The Bertz CT molecular complexity index is 394. The molecule has 94 valence electrons. The van der Waals surface area contributed by atoms with Crippen molar-refractivity contribution in [1.82, 2.24) is 4.98 Å². The van der Waals surface area contributed by atoms with Crippen LogP contribution in [0, 0.1) is 11.8 Å². The van der Waals surface area contributed by atoms with Crippen LogP contribution in [-0.2, 0) is 6.42 Å². The van der Waals surface area contributed by atoms with Crippen LogP contribution in [0.3, 0.4) is 0 Å². The summed E-state index contributed by atoms with van der Waals surface area (Å²) in [6.45, 7) is 4.40. The number of nitrogen functional groups attached to an aromatic ring is 1. The zero-order valence-electron chi connectivity index (χ0n) is 10.7. The van der Waals surface area contributed by atoms with E-state index in [0.29, 0.717) is 18.2 Å². The molecule has 1 aliphatic rings. The van der Waals surface area contributed by atoms with Gasteiger partial charge in [0.2, 0.25) is 0 Å². The minimum atomic E-state index is -0.607. The molecule has 0 saturated heterocycles. The largest absolute Gasteiger partial charge is 0.389 e. The highest BCUT2D eigenvalue weighted by molar-refractivity contribution is 5.39. The maximum Gasteiger partial charge on any atom is 0.126 e. The van der Waals surface area contributed by atoms with E-state index in [-0.39, 0.29) is 0 Å². The first kappa shape index (κ1) is 12.4. The van der Waals surface area contributed by atoms with Gasteiger partial charge < -0.3 is 10.8 Å². The molecule has 0 aliphatic heterocycles. The van der Waals surface area contributed by atoms with Gasteiger partial charge in [0.1, 0.15) is 5.82 Å². The molecule has 1 aliphatic carbocycles. The highest BCUT2D eigenvalue weighted by Crippen LogP contribution is 2.39. The summed E-state index contributed by atoms with van der Waals surface area (Å²) in [5, 5.41) is 10.8. The summed E-state index contributed by atoms with van der Waals surface area (Å²) < 4.78 is 0. The molecule has 1 saturated carbocycles. The Labute approximate surface area is 103 Å². The minimum Gasteiger partial charge on any atom is -0.389 e. The second-order valence-electron chi connectivity index (χ2n) is 5.61. The lowest BCUT2D eigenvalue weighted by atomic mass is 9.70. The van der Waals surface area contributed by atoms with Crippen molar-refractivity contribution in [2.24, 2.45) is 11.8 Å². The van der Waals surface area contributed by atoms with Crippen LogP contribution >= 0.6 is 0 Å². The van der Waals surface area contributed by atoms with E-state index < -0.39 is 5.60 Å². The van der Waals surface area contributed by atoms with Crippen molar-refractivity contribution in [2.75, 3.05) is 5.73 Å². The van der Waals surface area contributed by atoms with Gasteiger partial charge >= 0.3 is 0 Å². The lowest BCUT2D eigenvalue weighted by molar-refractivity contribution is -0.0521. The molecular formula is C14H22N2O. The number of hydrogen-bond donors (Lipinski definition) is 2. The molecule has 0 radical (unpaired) electrons. The Morgan fingerprint density at radius 3 is 2.94 bits per heavy atom. The number of nitrogens with two attached hydrogens (primary N) is 1. The summed E-state index contributed by atoms with van der Waals surface area (Å²) in [5.41, 5.74) is 6.21. The standard InChI is InChI=1S/C14H22N2O/c1-10-5-6-14(17,11(2)8-10)9-12-4-3-7-16-13(12)15/h3-4,7,10-11,17H,5-6,8-9H2,1-2H3,(H2,15,16). The highest BCUT2D eigenvalue weighted by Gasteiger charge is 2.38. The van der Waals surface area contributed by atoms with Gasteiger partial charge in [-0.25, -0.2) is 4.98 Å². The van der Waals surface area contributed by atoms with Crippen molar-refractivity contribution < 1.29 is 5.11 Å². The van der Waals surface area contributed by atoms with E-state index in [1.807, 2.05) is 12.1 Å². The van der Waals surface area contributed by atoms with Crippen molar-refractivity contribution in [1.29, 1.82) is 0 Å². The first-order valence-corrected chi connectivity index (χ1v) is 6.43. The summed E-state index contributed by atoms with van der Waals surface area (Å²) in [6, 6.07) is 3.84. The molecule has 1 fully saturated rings. The van der Waals surface area contributed by atoms with Gasteiger partial charge in [-0.15, -0.1) is 0 Å². The fourth-order valence-electron chi connectivity index (χ4n) is 2.88. The summed E-state index contributed by atoms with van der Waals surface area (Å²) >= 11 is 0. The molecule has 3 nitrogen and oxygen atoms in total. The SMILES string of the molecule is CC1CCC(O)(Cc2cccnc2N)C(C)C1. The third-order valence-electron chi connectivity index (χ3n) is 4.17. The second kappa shape index (κ2) is 4.65. The van der Waals surface area contributed by atoms with E-state index in [9.17, 15) is 5.11 Å². The third-order valence-corrected chi connectivity index (χ3v) is 4.17. The van der Waals surface area contributed by atoms with Gasteiger partial charge in [-0.2, -0.15) is 0 Å². The Balaban J connectivity index is 2.15. The number of rotatable bonds is 2. The van der Waals surface area contributed by atoms with Gasteiger partial charge in [0.25, 0.3) is 0 Å². The number of hydrogen-bond acceptors (Lipinski definition) is 3. The third kappa shape index (κ3) is 2.60. The van der Waals surface area contributed by atoms with Crippen molar-refractivity contribution >= 4 is 5.82 Å². The van der Waals surface area contributed by atoms with Crippen LogP contribution in [0.5, 0.6) is 0 Å². The van der Waals surface area contributed by atoms with Crippen LogP contribution in [0.2, 0.25) is 0 Å². The number of aromatic nitrogens is 1. The van der Waals surface area contributed by atoms with Gasteiger partial charge in [0.15, 0.2) is 0 Å². The van der Waals surface area contributed by atoms with Crippen LogP contribution in [0.1, 0.15) is 38.7 Å². The normalized spacial score (nSPS) is 33.6. The van der Waals surface area contributed by atoms with Crippen LogP contribution in [0.25, 0.3) is 0 Å². The number of anilines is 1. The molecule has 0 aromatic carbocycles. The molecular weight excluding hydrogens is 212 g/mol. The monoisotopic (exact) mass is 234 g/mol. The van der Waals surface area contributed by atoms with Crippen LogP contribution in [-0.4, -0.2) is 15.7 Å². The maximum atomic E-state index is 10.8. The molecule has 3 heteroatoms. The molecule has 1 heterocycles. The Hall–Kier alpha value is -1.09. The molecule has 3 atom stereocenters. The van der Waals surface area contributed by atoms with E-state index in [2.05, 4.69) is 18.8 Å². The lowest BCUT2D eigenvalue weighted by Gasteiger charge is -2.41. The quantitative estimate of drug-likeness (QED) is 0.826. The molecule has 3 unspecified atom stereocenters. The minimum absolute atomic E-state index is 0.325. The van der Waals surface area contributed by atoms with Gasteiger partial charge in [-0.3, -0.25) is 0 Å². The fourth-order valence-corrected chi connectivity index (χ4v) is 2.88. The topological polar surface area (TPSA) is 59.1 Å². The van der Waals surface area contributed by atoms with Crippen molar-refractivity contribution in [3.63, 3.8) is 0 Å². The summed E-state index contributed by atoms with van der Waals surface area (Å²) in [5.74, 6) is 1.59. The van der Waals surface area contributed by atoms with E-state index in [4.69, 9.17) is 5.73 Å². The van der Waals surface area contributed by atoms with Gasteiger partial charge in [-0.1, -0.05) is 19.9 Å². The fraction of sp³-hybridized carbons (Fsp3) is 0.643. The van der Waals surface area contributed by atoms with Crippen LogP contribution < -0.4 is 5.73 Å². The molecule has 1 aromatic heterocycles. The number of pyridine rings is 1. The molecule has 0 bridgehead atoms. The lowest BCUT2D eigenvalue weighted by Crippen LogP contribution is -2.43.